The number of hydrogen-bond donors (Lipinski definition) is 2. The van der Waals surface area contributed by atoms with Crippen molar-refractivity contribution in [2.45, 2.75) is 98.7 Å². The normalized spacial score (nSPS) is 28.1. The summed E-state index contributed by atoms with van der Waals surface area (Å²) >= 11 is 1.68. The number of hydrogen-bond acceptors (Lipinski definition) is 7. The van der Waals surface area contributed by atoms with E-state index >= 15 is 0 Å². The fourth-order valence-corrected chi connectivity index (χ4v) is 4.66. The molecule has 1 aromatic heterocycles. The Morgan fingerprint density at radius 1 is 1.15 bits per heavy atom. The SMILES string of the molecule is C/C=C\c1csc(C)n1.CC1CCCC(O)CCCOC(=O)CC(O)C(C)(C)C(=O)C(C)C1. The first-order chi connectivity index (χ1) is 15.5. The van der Waals surface area contributed by atoms with Crippen molar-refractivity contribution < 1.29 is 24.5 Å². The lowest BCUT2D eigenvalue weighted by Gasteiger charge is -2.32. The van der Waals surface area contributed by atoms with Gasteiger partial charge in [0.15, 0.2) is 0 Å². The molecule has 1 fully saturated rings. The summed E-state index contributed by atoms with van der Waals surface area (Å²) in [5, 5.41) is 23.5. The van der Waals surface area contributed by atoms with Gasteiger partial charge >= 0.3 is 5.97 Å². The van der Waals surface area contributed by atoms with E-state index in [2.05, 4.69) is 17.3 Å². The molecule has 0 aromatic carbocycles. The van der Waals surface area contributed by atoms with Crippen molar-refractivity contribution in [3.05, 3.63) is 22.2 Å². The minimum Gasteiger partial charge on any atom is -0.466 e. The molecule has 2 rings (SSSR count). The summed E-state index contributed by atoms with van der Waals surface area (Å²) in [5.41, 5.74) is 0.103. The predicted molar refractivity (Wildman–Crippen MR) is 134 cm³/mol. The summed E-state index contributed by atoms with van der Waals surface area (Å²) in [6, 6.07) is 0. The first-order valence-corrected chi connectivity index (χ1v) is 13.0. The molecule has 6 nitrogen and oxygen atoms in total. The van der Waals surface area contributed by atoms with Crippen LogP contribution in [0.3, 0.4) is 0 Å². The number of ketones is 1. The molecule has 188 valence electrons. The van der Waals surface area contributed by atoms with Gasteiger partial charge in [-0.3, -0.25) is 9.59 Å². The van der Waals surface area contributed by atoms with E-state index in [4.69, 9.17) is 4.74 Å². The van der Waals surface area contributed by atoms with Crippen LogP contribution in [0.15, 0.2) is 11.5 Å². The first-order valence-electron chi connectivity index (χ1n) is 12.1. The van der Waals surface area contributed by atoms with Gasteiger partial charge in [-0.2, -0.15) is 0 Å². The number of allylic oxidation sites excluding steroid dienone is 1. The van der Waals surface area contributed by atoms with Crippen LogP contribution in [-0.4, -0.2) is 45.8 Å². The Hall–Kier alpha value is -1.57. The summed E-state index contributed by atoms with van der Waals surface area (Å²) in [6.45, 7) is 11.7. The molecule has 2 N–H and O–H groups in total. The molecule has 0 spiro atoms. The molecule has 4 unspecified atom stereocenters. The smallest absolute Gasteiger partial charge is 0.308 e. The van der Waals surface area contributed by atoms with Gasteiger partial charge in [0.1, 0.15) is 5.78 Å². The average molecular weight is 482 g/mol. The summed E-state index contributed by atoms with van der Waals surface area (Å²) in [7, 11) is 0. The topological polar surface area (TPSA) is 96.7 Å². The number of nitrogens with zero attached hydrogens (tertiary/aromatic N) is 1. The number of aromatic nitrogens is 1. The summed E-state index contributed by atoms with van der Waals surface area (Å²) in [5.74, 6) is -0.284. The molecular weight excluding hydrogens is 438 g/mol. The largest absolute Gasteiger partial charge is 0.466 e. The molecule has 4 atom stereocenters. The standard InChI is InChI=1S/C19H34O5.C7H9NS/c1-13-7-5-8-15(20)9-6-10-24-17(22)12-16(21)19(3,4)18(23)14(2)11-13;1-3-4-7-5-9-6(2)8-7/h13-16,20-21H,5-12H2,1-4H3;3-5H,1-2H3/b;4-3-. The fraction of sp³-hybridized carbons (Fsp3) is 0.731. The van der Waals surface area contributed by atoms with Crippen molar-refractivity contribution in [2.24, 2.45) is 17.3 Å². The van der Waals surface area contributed by atoms with Gasteiger partial charge in [0.25, 0.3) is 0 Å². The van der Waals surface area contributed by atoms with Gasteiger partial charge in [-0.1, -0.05) is 46.6 Å². The summed E-state index contributed by atoms with van der Waals surface area (Å²) < 4.78 is 5.11. The average Bonchev–Trinajstić information content (AvgIpc) is 3.15. The van der Waals surface area contributed by atoms with Crippen molar-refractivity contribution in [2.75, 3.05) is 6.61 Å². The van der Waals surface area contributed by atoms with Crippen molar-refractivity contribution in [1.29, 1.82) is 0 Å². The fourth-order valence-electron chi connectivity index (χ4n) is 4.08. The van der Waals surface area contributed by atoms with Gasteiger partial charge in [0.2, 0.25) is 0 Å². The number of carbonyl (C=O) groups is 2. The number of ether oxygens (including phenoxy) is 1. The summed E-state index contributed by atoms with van der Waals surface area (Å²) in [6.07, 6.45) is 7.03. The van der Waals surface area contributed by atoms with Crippen molar-refractivity contribution in [1.82, 2.24) is 4.98 Å². The van der Waals surface area contributed by atoms with E-state index in [1.54, 1.807) is 25.2 Å². The predicted octanol–water partition coefficient (Wildman–Crippen LogP) is 5.35. The van der Waals surface area contributed by atoms with Gasteiger partial charge in [0.05, 0.1) is 41.4 Å². The third-order valence-corrected chi connectivity index (χ3v) is 6.98. The quantitative estimate of drug-likeness (QED) is 0.525. The highest BCUT2D eigenvalue weighted by atomic mass is 32.1. The van der Waals surface area contributed by atoms with Gasteiger partial charge in [-0.05, 0) is 51.5 Å². The van der Waals surface area contributed by atoms with Crippen LogP contribution in [-0.2, 0) is 14.3 Å². The van der Waals surface area contributed by atoms with E-state index in [1.807, 2.05) is 32.9 Å². The highest BCUT2D eigenvalue weighted by molar-refractivity contribution is 7.09. The van der Waals surface area contributed by atoms with Crippen LogP contribution in [0.1, 0.15) is 90.3 Å². The Kier molecular flexibility index (Phi) is 13.1. The number of esters is 1. The molecule has 1 aliphatic rings. The Morgan fingerprint density at radius 2 is 1.82 bits per heavy atom. The molecule has 7 heteroatoms. The Bertz CT molecular complexity index is 758. The van der Waals surface area contributed by atoms with Crippen molar-refractivity contribution in [3.8, 4) is 0 Å². The van der Waals surface area contributed by atoms with Gasteiger partial charge in [-0.15, -0.1) is 11.3 Å². The van der Waals surface area contributed by atoms with Crippen LogP contribution >= 0.6 is 11.3 Å². The lowest BCUT2D eigenvalue weighted by molar-refractivity contribution is -0.150. The first kappa shape index (κ1) is 29.5. The third-order valence-electron chi connectivity index (χ3n) is 6.18. The number of carbonyl (C=O) groups excluding carboxylic acids is 2. The summed E-state index contributed by atoms with van der Waals surface area (Å²) in [4.78, 5) is 28.8. The Labute approximate surface area is 203 Å². The molecule has 0 aliphatic carbocycles. The molecule has 33 heavy (non-hydrogen) atoms. The van der Waals surface area contributed by atoms with Crippen molar-refractivity contribution >= 4 is 29.2 Å². The van der Waals surface area contributed by atoms with E-state index in [9.17, 15) is 19.8 Å². The number of thiazole rings is 1. The molecule has 0 saturated carbocycles. The second-order valence-electron chi connectivity index (χ2n) is 9.79. The molecule has 0 radical (unpaired) electrons. The van der Waals surface area contributed by atoms with E-state index < -0.39 is 17.5 Å². The van der Waals surface area contributed by atoms with Crippen LogP contribution in [0.4, 0.5) is 0 Å². The minimum absolute atomic E-state index is 0.0122. The number of aliphatic hydroxyl groups is 2. The van der Waals surface area contributed by atoms with Crippen LogP contribution < -0.4 is 0 Å². The van der Waals surface area contributed by atoms with Crippen LogP contribution in [0.2, 0.25) is 0 Å². The van der Waals surface area contributed by atoms with E-state index in [0.717, 1.165) is 36.4 Å². The minimum atomic E-state index is -1.05. The second-order valence-corrected chi connectivity index (χ2v) is 10.8. The third kappa shape index (κ3) is 10.9. The van der Waals surface area contributed by atoms with Crippen LogP contribution in [0, 0.1) is 24.2 Å². The van der Waals surface area contributed by atoms with Gasteiger partial charge < -0.3 is 14.9 Å². The zero-order chi connectivity index (χ0) is 25.0. The molecule has 1 saturated heterocycles. The maximum absolute atomic E-state index is 12.7. The highest BCUT2D eigenvalue weighted by Crippen LogP contribution is 2.31. The Balaban J connectivity index is 0.000000502. The molecule has 2 heterocycles. The lowest BCUT2D eigenvalue weighted by Crippen LogP contribution is -2.42. The lowest BCUT2D eigenvalue weighted by atomic mass is 9.74. The molecular formula is C26H43NO5S. The molecule has 0 amide bonds. The number of rotatable bonds is 1. The number of aliphatic hydroxyl groups excluding tert-OH is 2. The maximum atomic E-state index is 12.7. The molecule has 1 aromatic rings. The molecule has 1 aliphatic heterocycles. The second kappa shape index (κ2) is 14.6. The molecule has 0 bridgehead atoms. The monoisotopic (exact) mass is 481 g/mol. The maximum Gasteiger partial charge on any atom is 0.308 e. The van der Waals surface area contributed by atoms with E-state index in [0.29, 0.717) is 18.8 Å². The zero-order valence-corrected chi connectivity index (χ0v) is 22.0. The van der Waals surface area contributed by atoms with Crippen LogP contribution in [0.5, 0.6) is 0 Å². The number of aryl methyl sites for hydroxylation is 1. The van der Waals surface area contributed by atoms with Crippen LogP contribution in [0.25, 0.3) is 6.08 Å². The van der Waals surface area contributed by atoms with Crippen molar-refractivity contribution in [3.63, 3.8) is 0 Å². The van der Waals surface area contributed by atoms with Gasteiger partial charge in [-0.25, -0.2) is 4.98 Å². The van der Waals surface area contributed by atoms with E-state index in [1.165, 1.54) is 0 Å². The van der Waals surface area contributed by atoms with E-state index in [-0.39, 0.29) is 30.8 Å². The number of Topliss-reactive ketones (excluding diaryl/α,β-unsaturated/α-hetero) is 1. The highest BCUT2D eigenvalue weighted by Gasteiger charge is 2.39. The van der Waals surface area contributed by atoms with Gasteiger partial charge in [0, 0.05) is 11.3 Å². The number of cyclic esters (lactones) is 1. The zero-order valence-electron chi connectivity index (χ0n) is 21.2. The Morgan fingerprint density at radius 3 is 2.42 bits per heavy atom.